The second kappa shape index (κ2) is 6.61. The number of rotatable bonds is 6. The van der Waals surface area contributed by atoms with Crippen molar-refractivity contribution in [2.75, 3.05) is 12.0 Å². The molecule has 2 aromatic rings. The standard InChI is InChI=1S/C14H17N3O2/c1-2-18-12-4-3-5-13(9-12)19-10-11-6-7-16-14(8-11)17-15/h3-9H,2,10,15H2,1H3,(H,16,17). The maximum Gasteiger partial charge on any atom is 0.140 e. The summed E-state index contributed by atoms with van der Waals surface area (Å²) in [6.07, 6.45) is 1.69. The van der Waals surface area contributed by atoms with E-state index in [9.17, 15) is 0 Å². The largest absolute Gasteiger partial charge is 0.494 e. The maximum absolute atomic E-state index is 5.70. The van der Waals surface area contributed by atoms with Crippen LogP contribution in [0, 0.1) is 0 Å². The Bertz CT molecular complexity index is 532. The molecule has 5 nitrogen and oxygen atoms in total. The van der Waals surface area contributed by atoms with Crippen LogP contribution in [-0.4, -0.2) is 11.6 Å². The summed E-state index contributed by atoms with van der Waals surface area (Å²) in [4.78, 5) is 4.04. The van der Waals surface area contributed by atoms with Crippen molar-refractivity contribution in [1.82, 2.24) is 4.98 Å². The van der Waals surface area contributed by atoms with E-state index >= 15 is 0 Å². The average molecular weight is 259 g/mol. The number of benzene rings is 1. The van der Waals surface area contributed by atoms with Crippen molar-refractivity contribution in [3.63, 3.8) is 0 Å². The first-order valence-electron chi connectivity index (χ1n) is 6.09. The quantitative estimate of drug-likeness (QED) is 0.615. The number of hydrogen-bond donors (Lipinski definition) is 2. The number of pyridine rings is 1. The fraction of sp³-hybridized carbons (Fsp3) is 0.214. The van der Waals surface area contributed by atoms with Gasteiger partial charge >= 0.3 is 0 Å². The summed E-state index contributed by atoms with van der Waals surface area (Å²) < 4.78 is 11.1. The fourth-order valence-electron chi connectivity index (χ4n) is 1.63. The lowest BCUT2D eigenvalue weighted by atomic mass is 10.3. The second-order valence-corrected chi connectivity index (χ2v) is 3.89. The van der Waals surface area contributed by atoms with Crippen molar-refractivity contribution in [3.05, 3.63) is 48.2 Å². The Morgan fingerprint density at radius 1 is 1.16 bits per heavy atom. The molecule has 0 radical (unpaired) electrons. The number of hydrogen-bond acceptors (Lipinski definition) is 5. The molecule has 2 rings (SSSR count). The Balaban J connectivity index is 1.99. The molecule has 0 aliphatic carbocycles. The minimum Gasteiger partial charge on any atom is -0.494 e. The van der Waals surface area contributed by atoms with Crippen molar-refractivity contribution in [2.24, 2.45) is 5.84 Å². The molecule has 0 spiro atoms. The molecule has 100 valence electrons. The molecule has 0 aliphatic heterocycles. The molecule has 0 bridgehead atoms. The average Bonchev–Trinajstić information content (AvgIpc) is 2.46. The number of anilines is 1. The second-order valence-electron chi connectivity index (χ2n) is 3.89. The van der Waals surface area contributed by atoms with E-state index in [1.54, 1.807) is 6.20 Å². The fourth-order valence-corrected chi connectivity index (χ4v) is 1.63. The molecule has 1 aromatic carbocycles. The Morgan fingerprint density at radius 3 is 2.68 bits per heavy atom. The van der Waals surface area contributed by atoms with Crippen LogP contribution in [0.25, 0.3) is 0 Å². The van der Waals surface area contributed by atoms with Crippen LogP contribution in [0.2, 0.25) is 0 Å². The number of ether oxygens (including phenoxy) is 2. The van der Waals surface area contributed by atoms with Gasteiger partial charge in [0.1, 0.15) is 23.9 Å². The van der Waals surface area contributed by atoms with Crippen LogP contribution in [0.15, 0.2) is 42.6 Å². The summed E-state index contributed by atoms with van der Waals surface area (Å²) in [6.45, 7) is 3.04. The monoisotopic (exact) mass is 259 g/mol. The van der Waals surface area contributed by atoms with Crippen LogP contribution in [0.4, 0.5) is 5.82 Å². The normalized spacial score (nSPS) is 10.0. The van der Waals surface area contributed by atoms with Crippen LogP contribution in [0.1, 0.15) is 12.5 Å². The van der Waals surface area contributed by atoms with Gasteiger partial charge in [-0.2, -0.15) is 0 Å². The third-order valence-corrected chi connectivity index (χ3v) is 2.49. The predicted molar refractivity (Wildman–Crippen MR) is 74.0 cm³/mol. The first kappa shape index (κ1) is 13.2. The van der Waals surface area contributed by atoms with Gasteiger partial charge in [0, 0.05) is 12.3 Å². The minimum atomic E-state index is 0.451. The van der Waals surface area contributed by atoms with E-state index in [2.05, 4.69) is 10.4 Å². The zero-order valence-corrected chi connectivity index (χ0v) is 10.8. The highest BCUT2D eigenvalue weighted by Gasteiger charge is 2.00. The van der Waals surface area contributed by atoms with Gasteiger partial charge in [0.05, 0.1) is 6.61 Å². The van der Waals surface area contributed by atoms with E-state index in [4.69, 9.17) is 15.3 Å². The van der Waals surface area contributed by atoms with E-state index in [1.807, 2.05) is 43.3 Å². The van der Waals surface area contributed by atoms with Crippen molar-refractivity contribution >= 4 is 5.82 Å². The number of nitrogens with zero attached hydrogens (tertiary/aromatic N) is 1. The zero-order chi connectivity index (χ0) is 13.5. The van der Waals surface area contributed by atoms with E-state index in [-0.39, 0.29) is 0 Å². The molecule has 1 aromatic heterocycles. The van der Waals surface area contributed by atoms with Crippen LogP contribution < -0.4 is 20.7 Å². The minimum absolute atomic E-state index is 0.451. The van der Waals surface area contributed by atoms with Gasteiger partial charge in [-0.25, -0.2) is 10.8 Å². The van der Waals surface area contributed by atoms with Crippen LogP contribution in [0.5, 0.6) is 11.5 Å². The molecule has 19 heavy (non-hydrogen) atoms. The summed E-state index contributed by atoms with van der Waals surface area (Å²) in [7, 11) is 0. The summed E-state index contributed by atoms with van der Waals surface area (Å²) in [6, 6.07) is 11.3. The van der Waals surface area contributed by atoms with Crippen LogP contribution >= 0.6 is 0 Å². The van der Waals surface area contributed by atoms with Gasteiger partial charge in [0.25, 0.3) is 0 Å². The van der Waals surface area contributed by atoms with Gasteiger partial charge in [0.15, 0.2) is 0 Å². The number of nitrogen functional groups attached to an aromatic ring is 1. The number of hydrazine groups is 1. The maximum atomic E-state index is 5.70. The first-order valence-corrected chi connectivity index (χ1v) is 6.09. The highest BCUT2D eigenvalue weighted by molar-refractivity contribution is 5.36. The lowest BCUT2D eigenvalue weighted by Gasteiger charge is -2.09. The molecule has 0 unspecified atom stereocenters. The molecule has 0 aliphatic rings. The first-order chi connectivity index (χ1) is 9.31. The zero-order valence-electron chi connectivity index (χ0n) is 10.8. The van der Waals surface area contributed by atoms with E-state index in [1.165, 1.54) is 0 Å². The number of aromatic nitrogens is 1. The van der Waals surface area contributed by atoms with Crippen molar-refractivity contribution in [1.29, 1.82) is 0 Å². The molecular weight excluding hydrogens is 242 g/mol. The molecule has 0 atom stereocenters. The molecule has 5 heteroatoms. The van der Waals surface area contributed by atoms with E-state index in [0.717, 1.165) is 17.1 Å². The summed E-state index contributed by atoms with van der Waals surface area (Å²) in [5, 5.41) is 0. The number of nitrogens with two attached hydrogens (primary N) is 1. The topological polar surface area (TPSA) is 69.4 Å². The molecule has 0 saturated heterocycles. The predicted octanol–water partition coefficient (Wildman–Crippen LogP) is 2.34. The van der Waals surface area contributed by atoms with Crippen LogP contribution in [0.3, 0.4) is 0 Å². The molecule has 0 amide bonds. The molecule has 3 N–H and O–H groups in total. The Labute approximate surface area is 112 Å². The highest BCUT2D eigenvalue weighted by atomic mass is 16.5. The van der Waals surface area contributed by atoms with E-state index < -0.39 is 0 Å². The van der Waals surface area contributed by atoms with Gasteiger partial charge in [-0.15, -0.1) is 0 Å². The van der Waals surface area contributed by atoms with Gasteiger partial charge in [-0.3, -0.25) is 0 Å². The van der Waals surface area contributed by atoms with Crippen molar-refractivity contribution in [3.8, 4) is 11.5 Å². The SMILES string of the molecule is CCOc1cccc(OCc2ccnc(NN)c2)c1. The molecular formula is C14H17N3O2. The van der Waals surface area contributed by atoms with Crippen molar-refractivity contribution in [2.45, 2.75) is 13.5 Å². The Hall–Kier alpha value is -2.27. The summed E-state index contributed by atoms with van der Waals surface area (Å²) in [5.41, 5.74) is 3.50. The smallest absolute Gasteiger partial charge is 0.140 e. The summed E-state index contributed by atoms with van der Waals surface area (Å²) in [5.74, 6) is 7.50. The van der Waals surface area contributed by atoms with E-state index in [0.29, 0.717) is 19.0 Å². The third kappa shape index (κ3) is 3.86. The Kier molecular flexibility index (Phi) is 4.58. The molecule has 0 fully saturated rings. The van der Waals surface area contributed by atoms with Gasteiger partial charge in [0.2, 0.25) is 0 Å². The highest BCUT2D eigenvalue weighted by Crippen LogP contribution is 2.20. The lowest BCUT2D eigenvalue weighted by molar-refractivity contribution is 0.299. The van der Waals surface area contributed by atoms with Gasteiger partial charge < -0.3 is 14.9 Å². The molecule has 1 heterocycles. The third-order valence-electron chi connectivity index (χ3n) is 2.49. The Morgan fingerprint density at radius 2 is 1.95 bits per heavy atom. The van der Waals surface area contributed by atoms with Crippen LogP contribution in [-0.2, 0) is 6.61 Å². The van der Waals surface area contributed by atoms with Gasteiger partial charge in [-0.1, -0.05) is 6.07 Å². The number of nitrogens with one attached hydrogen (secondary N) is 1. The summed E-state index contributed by atoms with van der Waals surface area (Å²) >= 11 is 0. The molecule has 0 saturated carbocycles. The lowest BCUT2D eigenvalue weighted by Crippen LogP contribution is -2.09. The van der Waals surface area contributed by atoms with Crippen molar-refractivity contribution < 1.29 is 9.47 Å². The van der Waals surface area contributed by atoms with Gasteiger partial charge in [-0.05, 0) is 36.8 Å².